The van der Waals surface area contributed by atoms with E-state index < -0.39 is 0 Å². The van der Waals surface area contributed by atoms with Crippen LogP contribution in [0.1, 0.15) is 39.2 Å². The molecule has 0 aliphatic carbocycles. The first-order valence-electron chi connectivity index (χ1n) is 9.80. The summed E-state index contributed by atoms with van der Waals surface area (Å²) in [6, 6.07) is 8.63. The van der Waals surface area contributed by atoms with Crippen molar-refractivity contribution in [2.24, 2.45) is 5.92 Å². The fourth-order valence-electron chi connectivity index (χ4n) is 3.70. The van der Waals surface area contributed by atoms with Gasteiger partial charge in [-0.25, -0.2) is 9.97 Å². The number of hydrogen-bond donors (Lipinski definition) is 1. The standard InChI is InChI=1S/C21H31N5/c1-5-25(6-2)18-9-10-19(17(4)12-18)24-20-13-21(23-15-22-20)26-11-7-8-16(3)14-26/h9-10,12-13,15-16H,5-8,11,14H2,1-4H3,(H,22,23,24). The van der Waals surface area contributed by atoms with E-state index in [0.29, 0.717) is 0 Å². The number of nitrogens with zero attached hydrogens (tertiary/aromatic N) is 4. The molecule has 1 atom stereocenters. The van der Waals surface area contributed by atoms with Crippen LogP contribution in [0, 0.1) is 12.8 Å². The first-order valence-corrected chi connectivity index (χ1v) is 9.80. The van der Waals surface area contributed by atoms with Gasteiger partial charge in [0.1, 0.15) is 18.0 Å². The van der Waals surface area contributed by atoms with Crippen molar-refractivity contribution in [1.82, 2.24) is 9.97 Å². The number of anilines is 4. The van der Waals surface area contributed by atoms with Gasteiger partial charge in [-0.2, -0.15) is 0 Å². The average molecular weight is 354 g/mol. The number of piperidine rings is 1. The fourth-order valence-corrected chi connectivity index (χ4v) is 3.70. The van der Waals surface area contributed by atoms with Crippen molar-refractivity contribution >= 4 is 23.0 Å². The summed E-state index contributed by atoms with van der Waals surface area (Å²) in [5.74, 6) is 2.60. The second-order valence-corrected chi connectivity index (χ2v) is 7.25. The second-order valence-electron chi connectivity index (χ2n) is 7.25. The van der Waals surface area contributed by atoms with Crippen molar-refractivity contribution < 1.29 is 0 Å². The number of rotatable bonds is 6. The zero-order chi connectivity index (χ0) is 18.5. The normalized spacial score (nSPS) is 17.2. The molecule has 1 aromatic heterocycles. The third kappa shape index (κ3) is 4.26. The van der Waals surface area contributed by atoms with Gasteiger partial charge in [0.2, 0.25) is 0 Å². The highest BCUT2D eigenvalue weighted by molar-refractivity contribution is 5.66. The maximum atomic E-state index is 4.49. The van der Waals surface area contributed by atoms with Gasteiger partial charge in [0, 0.05) is 43.6 Å². The van der Waals surface area contributed by atoms with Gasteiger partial charge in [0.25, 0.3) is 0 Å². The summed E-state index contributed by atoms with van der Waals surface area (Å²) in [5, 5.41) is 3.47. The molecule has 1 aliphatic rings. The van der Waals surface area contributed by atoms with E-state index in [1.54, 1.807) is 6.33 Å². The summed E-state index contributed by atoms with van der Waals surface area (Å²) in [4.78, 5) is 13.6. The minimum atomic E-state index is 0.727. The van der Waals surface area contributed by atoms with Crippen molar-refractivity contribution in [1.29, 1.82) is 0 Å². The number of hydrogen-bond acceptors (Lipinski definition) is 5. The smallest absolute Gasteiger partial charge is 0.135 e. The Morgan fingerprint density at radius 1 is 1.19 bits per heavy atom. The summed E-state index contributed by atoms with van der Waals surface area (Å²) in [6.45, 7) is 13.0. The van der Waals surface area contributed by atoms with Crippen molar-refractivity contribution in [2.75, 3.05) is 41.3 Å². The van der Waals surface area contributed by atoms with E-state index in [9.17, 15) is 0 Å². The van der Waals surface area contributed by atoms with Gasteiger partial charge in [-0.15, -0.1) is 0 Å². The Hall–Kier alpha value is -2.30. The average Bonchev–Trinajstić information content (AvgIpc) is 2.65. The van der Waals surface area contributed by atoms with Gasteiger partial charge in [-0.05, 0) is 63.3 Å². The lowest BCUT2D eigenvalue weighted by molar-refractivity contribution is 0.444. The molecule has 0 saturated carbocycles. The zero-order valence-electron chi connectivity index (χ0n) is 16.5. The first kappa shape index (κ1) is 18.5. The minimum absolute atomic E-state index is 0.727. The molecule has 0 spiro atoms. The predicted molar refractivity (Wildman–Crippen MR) is 111 cm³/mol. The zero-order valence-corrected chi connectivity index (χ0v) is 16.5. The summed E-state index contributed by atoms with van der Waals surface area (Å²) >= 11 is 0. The van der Waals surface area contributed by atoms with Crippen LogP contribution in [0.2, 0.25) is 0 Å². The molecule has 140 valence electrons. The molecule has 1 N–H and O–H groups in total. The molecule has 5 nitrogen and oxygen atoms in total. The lowest BCUT2D eigenvalue weighted by Gasteiger charge is -2.31. The summed E-state index contributed by atoms with van der Waals surface area (Å²) in [6.07, 6.45) is 4.21. The molecule has 0 amide bonds. The van der Waals surface area contributed by atoms with E-state index in [-0.39, 0.29) is 0 Å². The van der Waals surface area contributed by atoms with Crippen LogP contribution in [-0.2, 0) is 0 Å². The SMILES string of the molecule is CCN(CC)c1ccc(Nc2cc(N3CCCC(C)C3)ncn2)c(C)c1. The van der Waals surface area contributed by atoms with Crippen molar-refractivity contribution in [3.05, 3.63) is 36.2 Å². The number of nitrogens with one attached hydrogen (secondary N) is 1. The molecule has 1 fully saturated rings. The predicted octanol–water partition coefficient (Wildman–Crippen LogP) is 4.61. The van der Waals surface area contributed by atoms with Crippen LogP contribution in [0.3, 0.4) is 0 Å². The van der Waals surface area contributed by atoms with E-state index in [4.69, 9.17) is 0 Å². The molecular formula is C21H31N5. The van der Waals surface area contributed by atoms with Crippen LogP contribution in [0.25, 0.3) is 0 Å². The molecule has 1 aliphatic heterocycles. The Morgan fingerprint density at radius 2 is 2.00 bits per heavy atom. The molecular weight excluding hydrogens is 322 g/mol. The molecule has 1 saturated heterocycles. The van der Waals surface area contributed by atoms with E-state index in [2.05, 4.69) is 77.0 Å². The van der Waals surface area contributed by atoms with Crippen LogP contribution in [-0.4, -0.2) is 36.1 Å². The molecule has 2 aromatic rings. The molecule has 0 radical (unpaired) electrons. The van der Waals surface area contributed by atoms with Gasteiger partial charge in [0.05, 0.1) is 0 Å². The molecule has 1 unspecified atom stereocenters. The van der Waals surface area contributed by atoms with Gasteiger partial charge in [-0.3, -0.25) is 0 Å². The largest absolute Gasteiger partial charge is 0.372 e. The Bertz CT molecular complexity index is 726. The highest BCUT2D eigenvalue weighted by Crippen LogP contribution is 2.27. The van der Waals surface area contributed by atoms with Crippen LogP contribution < -0.4 is 15.1 Å². The van der Waals surface area contributed by atoms with E-state index in [1.165, 1.54) is 24.1 Å². The van der Waals surface area contributed by atoms with Crippen LogP contribution in [0.5, 0.6) is 0 Å². The Kier molecular flexibility index (Phi) is 5.96. The van der Waals surface area contributed by atoms with E-state index in [1.807, 2.05) is 0 Å². The molecule has 0 bridgehead atoms. The third-order valence-corrected chi connectivity index (χ3v) is 5.23. The maximum Gasteiger partial charge on any atom is 0.135 e. The van der Waals surface area contributed by atoms with E-state index >= 15 is 0 Å². The van der Waals surface area contributed by atoms with Gasteiger partial charge in [-0.1, -0.05) is 6.92 Å². The topological polar surface area (TPSA) is 44.3 Å². The monoisotopic (exact) mass is 353 g/mol. The highest BCUT2D eigenvalue weighted by atomic mass is 15.2. The van der Waals surface area contributed by atoms with E-state index in [0.717, 1.165) is 49.4 Å². The Balaban J connectivity index is 1.76. The Labute approximate surface area is 157 Å². The number of benzene rings is 1. The fraction of sp³-hybridized carbons (Fsp3) is 0.524. The second kappa shape index (κ2) is 8.39. The highest BCUT2D eigenvalue weighted by Gasteiger charge is 2.18. The molecule has 5 heteroatoms. The molecule has 26 heavy (non-hydrogen) atoms. The maximum absolute atomic E-state index is 4.49. The van der Waals surface area contributed by atoms with Crippen LogP contribution >= 0.6 is 0 Å². The summed E-state index contributed by atoms with van der Waals surface area (Å²) < 4.78 is 0. The van der Waals surface area contributed by atoms with Crippen LogP contribution in [0.15, 0.2) is 30.6 Å². The number of aryl methyl sites for hydroxylation is 1. The van der Waals surface area contributed by atoms with Gasteiger partial charge in [0.15, 0.2) is 0 Å². The summed E-state index contributed by atoms with van der Waals surface area (Å²) in [7, 11) is 0. The molecule has 2 heterocycles. The number of aromatic nitrogens is 2. The van der Waals surface area contributed by atoms with Gasteiger partial charge < -0.3 is 15.1 Å². The van der Waals surface area contributed by atoms with Crippen LogP contribution in [0.4, 0.5) is 23.0 Å². The quantitative estimate of drug-likeness (QED) is 0.821. The lowest BCUT2D eigenvalue weighted by atomic mass is 10.0. The molecule has 1 aromatic carbocycles. The van der Waals surface area contributed by atoms with Crippen molar-refractivity contribution in [3.8, 4) is 0 Å². The molecule has 3 rings (SSSR count). The van der Waals surface area contributed by atoms with Gasteiger partial charge >= 0.3 is 0 Å². The third-order valence-electron chi connectivity index (χ3n) is 5.23. The first-order chi connectivity index (χ1) is 12.6. The lowest BCUT2D eigenvalue weighted by Crippen LogP contribution is -2.34. The van der Waals surface area contributed by atoms with Crippen molar-refractivity contribution in [2.45, 2.75) is 40.5 Å². The summed E-state index contributed by atoms with van der Waals surface area (Å²) in [5.41, 5.74) is 3.59. The van der Waals surface area contributed by atoms with Crippen molar-refractivity contribution in [3.63, 3.8) is 0 Å². The Morgan fingerprint density at radius 3 is 2.69 bits per heavy atom. The minimum Gasteiger partial charge on any atom is -0.372 e.